The molecule has 1 rings (SSSR count). The Morgan fingerprint density at radius 1 is 0.750 bits per heavy atom. The molecular formula is C27H47N3O2. The standard InChI is InChI=1S/C27H47N3O2/c1-4-5-6-7-8-9-10-11-12-13-14-15-16-17-18-22-26(31)29-27(32)28-24-20-19-21-25(23-24)30(2)3/h19-21,23H,4-18,22H2,1-3H3,(H2,28,29,31,32). The summed E-state index contributed by atoms with van der Waals surface area (Å²) in [6.45, 7) is 2.27. The molecule has 182 valence electrons. The van der Waals surface area contributed by atoms with Crippen molar-refractivity contribution in [3.8, 4) is 0 Å². The molecule has 32 heavy (non-hydrogen) atoms. The van der Waals surface area contributed by atoms with Gasteiger partial charge in [-0.1, -0.05) is 103 Å². The Morgan fingerprint density at radius 3 is 1.75 bits per heavy atom. The third kappa shape index (κ3) is 14.9. The molecule has 2 N–H and O–H groups in total. The van der Waals surface area contributed by atoms with Gasteiger partial charge in [-0.2, -0.15) is 0 Å². The lowest BCUT2D eigenvalue weighted by Crippen LogP contribution is -2.34. The number of hydrogen-bond donors (Lipinski definition) is 2. The third-order valence-corrected chi connectivity index (χ3v) is 5.88. The van der Waals surface area contributed by atoms with Crippen molar-refractivity contribution < 1.29 is 9.59 Å². The molecule has 0 unspecified atom stereocenters. The van der Waals surface area contributed by atoms with Gasteiger partial charge in [0.1, 0.15) is 0 Å². The molecular weight excluding hydrogens is 398 g/mol. The van der Waals surface area contributed by atoms with Crippen LogP contribution in [0.3, 0.4) is 0 Å². The summed E-state index contributed by atoms with van der Waals surface area (Å²) in [5.41, 5.74) is 1.67. The van der Waals surface area contributed by atoms with Gasteiger partial charge in [-0.15, -0.1) is 0 Å². The molecule has 0 fully saturated rings. The molecule has 0 bridgehead atoms. The normalized spacial score (nSPS) is 10.7. The lowest BCUT2D eigenvalue weighted by molar-refractivity contribution is -0.120. The predicted molar refractivity (Wildman–Crippen MR) is 137 cm³/mol. The smallest absolute Gasteiger partial charge is 0.325 e. The van der Waals surface area contributed by atoms with Crippen molar-refractivity contribution in [2.45, 2.75) is 110 Å². The van der Waals surface area contributed by atoms with Crippen LogP contribution >= 0.6 is 0 Å². The van der Waals surface area contributed by atoms with Crippen molar-refractivity contribution in [3.05, 3.63) is 24.3 Å². The fourth-order valence-corrected chi connectivity index (χ4v) is 3.87. The summed E-state index contributed by atoms with van der Waals surface area (Å²) in [5, 5.41) is 5.15. The lowest BCUT2D eigenvalue weighted by atomic mass is 10.0. The molecule has 0 aliphatic carbocycles. The van der Waals surface area contributed by atoms with Gasteiger partial charge in [0.15, 0.2) is 0 Å². The highest BCUT2D eigenvalue weighted by Gasteiger charge is 2.08. The van der Waals surface area contributed by atoms with Crippen LogP contribution in [0, 0.1) is 0 Å². The monoisotopic (exact) mass is 445 g/mol. The van der Waals surface area contributed by atoms with E-state index in [1.165, 1.54) is 83.5 Å². The summed E-state index contributed by atoms with van der Waals surface area (Å²) < 4.78 is 0. The Bertz CT molecular complexity index is 631. The van der Waals surface area contributed by atoms with E-state index >= 15 is 0 Å². The van der Waals surface area contributed by atoms with Crippen LogP contribution in [-0.2, 0) is 4.79 Å². The molecule has 0 heterocycles. The van der Waals surface area contributed by atoms with Gasteiger partial charge in [0.2, 0.25) is 5.91 Å². The zero-order valence-corrected chi connectivity index (χ0v) is 20.9. The van der Waals surface area contributed by atoms with Crippen LogP contribution in [0.15, 0.2) is 24.3 Å². The van der Waals surface area contributed by atoms with E-state index in [0.29, 0.717) is 12.1 Å². The molecule has 0 aromatic heterocycles. The van der Waals surface area contributed by atoms with Crippen LogP contribution in [0.25, 0.3) is 0 Å². The molecule has 0 saturated heterocycles. The zero-order valence-electron chi connectivity index (χ0n) is 20.9. The Hall–Kier alpha value is -2.04. The maximum absolute atomic E-state index is 12.0. The topological polar surface area (TPSA) is 61.4 Å². The second kappa shape index (κ2) is 18.5. The number of benzene rings is 1. The van der Waals surface area contributed by atoms with Gasteiger partial charge in [-0.3, -0.25) is 10.1 Å². The number of amides is 3. The molecule has 5 nitrogen and oxygen atoms in total. The van der Waals surface area contributed by atoms with E-state index in [0.717, 1.165) is 18.5 Å². The van der Waals surface area contributed by atoms with E-state index in [2.05, 4.69) is 17.6 Å². The molecule has 3 amide bonds. The molecule has 0 spiro atoms. The minimum atomic E-state index is -0.466. The Labute approximate surface area is 196 Å². The van der Waals surface area contributed by atoms with Gasteiger partial charge in [0.05, 0.1) is 0 Å². The van der Waals surface area contributed by atoms with Crippen LogP contribution in [-0.4, -0.2) is 26.0 Å². The fourth-order valence-electron chi connectivity index (χ4n) is 3.87. The summed E-state index contributed by atoms with van der Waals surface area (Å²) in [6.07, 6.45) is 19.9. The number of imide groups is 1. The largest absolute Gasteiger partial charge is 0.378 e. The molecule has 0 atom stereocenters. The maximum Gasteiger partial charge on any atom is 0.325 e. The number of carbonyl (C=O) groups excluding carboxylic acids is 2. The minimum Gasteiger partial charge on any atom is -0.378 e. The van der Waals surface area contributed by atoms with E-state index in [4.69, 9.17) is 0 Å². The first-order valence-electron chi connectivity index (χ1n) is 12.9. The maximum atomic E-state index is 12.0. The van der Waals surface area contributed by atoms with E-state index in [1.54, 1.807) is 0 Å². The van der Waals surface area contributed by atoms with Crippen LogP contribution in [0.1, 0.15) is 110 Å². The number of anilines is 2. The lowest BCUT2D eigenvalue weighted by Gasteiger charge is -2.14. The summed E-state index contributed by atoms with van der Waals surface area (Å²) in [4.78, 5) is 25.9. The van der Waals surface area contributed by atoms with Crippen molar-refractivity contribution in [2.75, 3.05) is 24.3 Å². The SMILES string of the molecule is CCCCCCCCCCCCCCCCCC(=O)NC(=O)Nc1cccc(N(C)C)c1. The van der Waals surface area contributed by atoms with Crippen LogP contribution < -0.4 is 15.5 Å². The Morgan fingerprint density at radius 2 is 1.25 bits per heavy atom. The summed E-state index contributed by atoms with van der Waals surface area (Å²) in [6, 6.07) is 7.06. The summed E-state index contributed by atoms with van der Waals surface area (Å²) in [5.74, 6) is -0.207. The highest BCUT2D eigenvalue weighted by molar-refractivity contribution is 6.01. The predicted octanol–water partition coefficient (Wildman–Crippen LogP) is 7.66. The number of rotatable bonds is 18. The van der Waals surface area contributed by atoms with Crippen LogP contribution in [0.2, 0.25) is 0 Å². The number of hydrogen-bond acceptors (Lipinski definition) is 3. The minimum absolute atomic E-state index is 0.207. The Kier molecular flexibility index (Phi) is 16.2. The summed E-state index contributed by atoms with van der Waals surface area (Å²) >= 11 is 0. The number of carbonyl (C=O) groups is 2. The first-order chi connectivity index (χ1) is 15.5. The average Bonchev–Trinajstić information content (AvgIpc) is 2.76. The van der Waals surface area contributed by atoms with Crippen molar-refractivity contribution >= 4 is 23.3 Å². The molecule has 0 saturated carbocycles. The van der Waals surface area contributed by atoms with Crippen molar-refractivity contribution in [1.29, 1.82) is 0 Å². The van der Waals surface area contributed by atoms with Gasteiger partial charge in [-0.05, 0) is 24.6 Å². The van der Waals surface area contributed by atoms with Crippen molar-refractivity contribution in [2.24, 2.45) is 0 Å². The number of nitrogens with one attached hydrogen (secondary N) is 2. The van der Waals surface area contributed by atoms with E-state index < -0.39 is 6.03 Å². The number of urea groups is 1. The van der Waals surface area contributed by atoms with E-state index in [-0.39, 0.29) is 5.91 Å². The number of unbranched alkanes of at least 4 members (excludes halogenated alkanes) is 14. The average molecular weight is 446 g/mol. The summed E-state index contributed by atoms with van der Waals surface area (Å²) in [7, 11) is 3.89. The molecule has 1 aromatic rings. The first kappa shape index (κ1) is 28.0. The highest BCUT2D eigenvalue weighted by Crippen LogP contribution is 2.17. The van der Waals surface area contributed by atoms with Gasteiger partial charge in [0, 0.05) is 31.9 Å². The number of nitrogens with zero attached hydrogens (tertiary/aromatic N) is 1. The molecule has 0 aliphatic heterocycles. The van der Waals surface area contributed by atoms with E-state index in [9.17, 15) is 9.59 Å². The van der Waals surface area contributed by atoms with Gasteiger partial charge in [0.25, 0.3) is 0 Å². The van der Waals surface area contributed by atoms with Gasteiger partial charge < -0.3 is 10.2 Å². The third-order valence-electron chi connectivity index (χ3n) is 5.88. The van der Waals surface area contributed by atoms with Crippen LogP contribution in [0.4, 0.5) is 16.2 Å². The quantitative estimate of drug-likeness (QED) is 0.228. The van der Waals surface area contributed by atoms with Gasteiger partial charge in [-0.25, -0.2) is 4.79 Å². The molecule has 0 radical (unpaired) electrons. The van der Waals surface area contributed by atoms with Crippen LogP contribution in [0.5, 0.6) is 0 Å². The fraction of sp³-hybridized carbons (Fsp3) is 0.704. The zero-order chi connectivity index (χ0) is 23.4. The molecule has 0 aliphatic rings. The Balaban J connectivity index is 1.94. The first-order valence-corrected chi connectivity index (χ1v) is 12.9. The highest BCUT2D eigenvalue weighted by atomic mass is 16.2. The molecule has 1 aromatic carbocycles. The molecule has 5 heteroatoms. The van der Waals surface area contributed by atoms with Crippen molar-refractivity contribution in [1.82, 2.24) is 5.32 Å². The second-order valence-electron chi connectivity index (χ2n) is 9.15. The van der Waals surface area contributed by atoms with Gasteiger partial charge >= 0.3 is 6.03 Å². The van der Waals surface area contributed by atoms with Crippen molar-refractivity contribution in [3.63, 3.8) is 0 Å². The van der Waals surface area contributed by atoms with E-state index in [1.807, 2.05) is 43.3 Å². The second-order valence-corrected chi connectivity index (χ2v) is 9.15.